The maximum atomic E-state index is 11.2. The Morgan fingerprint density at radius 2 is 1.50 bits per heavy atom. The maximum Gasteiger partial charge on any atom is 0.303 e. The first kappa shape index (κ1) is 16.1. The first-order chi connectivity index (χ1) is 10.5. The van der Waals surface area contributed by atoms with Crippen LogP contribution in [0.15, 0.2) is 48.5 Å². The maximum absolute atomic E-state index is 11.2. The lowest BCUT2D eigenvalue weighted by atomic mass is 9.88. The van der Waals surface area contributed by atoms with Gasteiger partial charge in [0.25, 0.3) is 0 Å². The fourth-order valence-corrected chi connectivity index (χ4v) is 2.59. The van der Waals surface area contributed by atoms with E-state index in [1.165, 1.54) is 5.56 Å². The van der Waals surface area contributed by atoms with Crippen LogP contribution in [0.5, 0.6) is 5.75 Å². The summed E-state index contributed by atoms with van der Waals surface area (Å²) in [5.74, 6) is -0.177. The fourth-order valence-electron chi connectivity index (χ4n) is 2.59. The Labute approximate surface area is 131 Å². The third-order valence-electron chi connectivity index (χ3n) is 3.91. The molecule has 0 radical (unpaired) electrons. The molecule has 0 aliphatic heterocycles. The van der Waals surface area contributed by atoms with Crippen LogP contribution in [-0.4, -0.2) is 16.2 Å². The molecule has 0 aliphatic carbocycles. The highest BCUT2D eigenvalue weighted by Crippen LogP contribution is 2.27. The monoisotopic (exact) mass is 298 g/mol. The SMILES string of the molecule is CC(C)c1ccc(C(CC(=O)O)Cc2ccc(O)cc2)cc1. The number of carbonyl (C=O) groups is 1. The Hall–Kier alpha value is -2.29. The van der Waals surface area contributed by atoms with Crippen LogP contribution < -0.4 is 0 Å². The highest BCUT2D eigenvalue weighted by Gasteiger charge is 2.16. The van der Waals surface area contributed by atoms with Crippen molar-refractivity contribution in [3.05, 3.63) is 65.2 Å². The summed E-state index contributed by atoms with van der Waals surface area (Å²) in [6.45, 7) is 4.28. The summed E-state index contributed by atoms with van der Waals surface area (Å²) in [6.07, 6.45) is 0.746. The molecule has 0 bridgehead atoms. The summed E-state index contributed by atoms with van der Waals surface area (Å²) < 4.78 is 0. The minimum Gasteiger partial charge on any atom is -0.508 e. The van der Waals surface area contributed by atoms with Gasteiger partial charge in [0.1, 0.15) is 5.75 Å². The van der Waals surface area contributed by atoms with Gasteiger partial charge in [-0.3, -0.25) is 4.79 Å². The van der Waals surface area contributed by atoms with Crippen LogP contribution in [0.1, 0.15) is 48.8 Å². The second kappa shape index (κ2) is 7.12. The Balaban J connectivity index is 2.21. The molecule has 2 aromatic carbocycles. The van der Waals surface area contributed by atoms with Gasteiger partial charge in [0.15, 0.2) is 0 Å². The van der Waals surface area contributed by atoms with Crippen molar-refractivity contribution in [3.8, 4) is 5.75 Å². The summed E-state index contributed by atoms with van der Waals surface area (Å²) in [4.78, 5) is 11.2. The van der Waals surface area contributed by atoms with Gasteiger partial charge in [-0.05, 0) is 47.1 Å². The Morgan fingerprint density at radius 3 is 2.00 bits per heavy atom. The second-order valence-corrected chi connectivity index (χ2v) is 5.99. The first-order valence-electron chi connectivity index (χ1n) is 7.55. The molecular formula is C19H22O3. The van der Waals surface area contributed by atoms with E-state index in [0.29, 0.717) is 12.3 Å². The molecule has 0 saturated heterocycles. The van der Waals surface area contributed by atoms with Gasteiger partial charge in [0.05, 0.1) is 6.42 Å². The molecule has 0 aromatic heterocycles. The third kappa shape index (κ3) is 4.35. The van der Waals surface area contributed by atoms with E-state index >= 15 is 0 Å². The largest absolute Gasteiger partial charge is 0.508 e. The predicted octanol–water partition coefficient (Wildman–Crippen LogP) is 4.32. The lowest BCUT2D eigenvalue weighted by molar-refractivity contribution is -0.137. The average Bonchev–Trinajstić information content (AvgIpc) is 2.48. The third-order valence-corrected chi connectivity index (χ3v) is 3.91. The highest BCUT2D eigenvalue weighted by molar-refractivity contribution is 5.68. The quantitative estimate of drug-likeness (QED) is 0.835. The van der Waals surface area contributed by atoms with Crippen LogP contribution in [0.25, 0.3) is 0 Å². The van der Waals surface area contributed by atoms with Crippen LogP contribution in [0.2, 0.25) is 0 Å². The Bertz CT molecular complexity index is 612. The van der Waals surface area contributed by atoms with E-state index in [9.17, 15) is 15.0 Å². The van der Waals surface area contributed by atoms with Crippen molar-refractivity contribution in [2.45, 2.75) is 38.5 Å². The molecule has 0 amide bonds. The van der Waals surface area contributed by atoms with Gasteiger partial charge in [0, 0.05) is 0 Å². The molecule has 0 fully saturated rings. The van der Waals surface area contributed by atoms with Crippen LogP contribution in [-0.2, 0) is 11.2 Å². The topological polar surface area (TPSA) is 57.5 Å². The minimum atomic E-state index is -0.795. The number of hydrogen-bond donors (Lipinski definition) is 2. The van der Waals surface area contributed by atoms with Gasteiger partial charge >= 0.3 is 5.97 Å². The standard InChI is InChI=1S/C19H22O3/c1-13(2)15-5-7-16(8-6-15)17(12-19(21)22)11-14-3-9-18(20)10-4-14/h3-10,13,17,20H,11-12H2,1-2H3,(H,21,22). The van der Waals surface area contributed by atoms with Gasteiger partial charge in [-0.25, -0.2) is 0 Å². The second-order valence-electron chi connectivity index (χ2n) is 5.99. The minimum absolute atomic E-state index is 0.0664. The average molecular weight is 298 g/mol. The molecule has 1 atom stereocenters. The molecule has 2 aromatic rings. The zero-order valence-electron chi connectivity index (χ0n) is 13.0. The number of benzene rings is 2. The molecular weight excluding hydrogens is 276 g/mol. The van der Waals surface area contributed by atoms with Crippen LogP contribution in [0, 0.1) is 0 Å². The number of phenolic OH excluding ortho intramolecular Hbond substituents is 1. The lowest BCUT2D eigenvalue weighted by Crippen LogP contribution is -2.09. The normalized spacial score (nSPS) is 12.3. The molecule has 0 heterocycles. The fraction of sp³-hybridized carbons (Fsp3) is 0.316. The molecule has 0 saturated carbocycles. The van der Waals surface area contributed by atoms with E-state index < -0.39 is 5.97 Å². The van der Waals surface area contributed by atoms with Crippen LogP contribution in [0.4, 0.5) is 0 Å². The van der Waals surface area contributed by atoms with E-state index in [4.69, 9.17) is 0 Å². The zero-order valence-corrected chi connectivity index (χ0v) is 13.0. The van der Waals surface area contributed by atoms with Gasteiger partial charge in [-0.2, -0.15) is 0 Å². The Morgan fingerprint density at radius 1 is 0.955 bits per heavy atom. The van der Waals surface area contributed by atoms with Crippen molar-refractivity contribution >= 4 is 5.97 Å². The summed E-state index contributed by atoms with van der Waals surface area (Å²) in [5, 5.41) is 18.5. The van der Waals surface area contributed by atoms with E-state index in [-0.39, 0.29) is 18.1 Å². The summed E-state index contributed by atoms with van der Waals surface area (Å²) >= 11 is 0. The smallest absolute Gasteiger partial charge is 0.303 e. The van der Waals surface area contributed by atoms with Crippen molar-refractivity contribution in [1.29, 1.82) is 0 Å². The number of carboxylic acid groups (broad SMARTS) is 1. The number of phenols is 1. The highest BCUT2D eigenvalue weighted by atomic mass is 16.4. The van der Waals surface area contributed by atoms with Gasteiger partial charge in [0.2, 0.25) is 0 Å². The van der Waals surface area contributed by atoms with E-state index in [0.717, 1.165) is 11.1 Å². The molecule has 3 heteroatoms. The first-order valence-corrected chi connectivity index (χ1v) is 7.55. The van der Waals surface area contributed by atoms with Crippen molar-refractivity contribution in [2.75, 3.05) is 0 Å². The molecule has 2 N–H and O–H groups in total. The molecule has 116 valence electrons. The molecule has 22 heavy (non-hydrogen) atoms. The molecule has 3 nitrogen and oxygen atoms in total. The van der Waals surface area contributed by atoms with Gasteiger partial charge in [-0.1, -0.05) is 50.2 Å². The molecule has 0 aliphatic rings. The molecule has 1 unspecified atom stereocenters. The van der Waals surface area contributed by atoms with Gasteiger partial charge in [-0.15, -0.1) is 0 Å². The van der Waals surface area contributed by atoms with E-state index in [1.54, 1.807) is 12.1 Å². The van der Waals surface area contributed by atoms with Crippen molar-refractivity contribution in [1.82, 2.24) is 0 Å². The van der Waals surface area contributed by atoms with Crippen molar-refractivity contribution in [3.63, 3.8) is 0 Å². The number of aliphatic carboxylic acids is 1. The zero-order chi connectivity index (χ0) is 16.1. The van der Waals surface area contributed by atoms with Crippen LogP contribution >= 0.6 is 0 Å². The summed E-state index contributed by atoms with van der Waals surface area (Å²) in [5.41, 5.74) is 3.32. The summed E-state index contributed by atoms with van der Waals surface area (Å²) in [6, 6.07) is 15.2. The number of hydrogen-bond acceptors (Lipinski definition) is 2. The Kier molecular flexibility index (Phi) is 5.21. The van der Waals surface area contributed by atoms with Crippen molar-refractivity contribution < 1.29 is 15.0 Å². The van der Waals surface area contributed by atoms with E-state index in [1.807, 2.05) is 24.3 Å². The van der Waals surface area contributed by atoms with Crippen LogP contribution in [0.3, 0.4) is 0 Å². The molecule has 2 rings (SSSR count). The number of rotatable bonds is 6. The van der Waals surface area contributed by atoms with E-state index in [2.05, 4.69) is 26.0 Å². The lowest BCUT2D eigenvalue weighted by Gasteiger charge is -2.17. The predicted molar refractivity (Wildman–Crippen MR) is 87.3 cm³/mol. The van der Waals surface area contributed by atoms with Crippen molar-refractivity contribution in [2.24, 2.45) is 0 Å². The number of aromatic hydroxyl groups is 1. The van der Waals surface area contributed by atoms with Gasteiger partial charge < -0.3 is 10.2 Å². The number of carboxylic acids is 1. The molecule has 0 spiro atoms. The summed E-state index contributed by atoms with van der Waals surface area (Å²) in [7, 11) is 0.